The topological polar surface area (TPSA) is 83.0 Å². The Balaban J connectivity index is 1.39. The molecule has 152 valence electrons. The summed E-state index contributed by atoms with van der Waals surface area (Å²) in [7, 11) is 0. The first-order valence-corrected chi connectivity index (χ1v) is 10.4. The van der Waals surface area contributed by atoms with Crippen LogP contribution >= 0.6 is 11.3 Å². The van der Waals surface area contributed by atoms with E-state index in [0.717, 1.165) is 35.4 Å². The number of thiophene rings is 1. The lowest BCUT2D eigenvalue weighted by molar-refractivity contribution is 0.0271. The normalized spacial score (nSPS) is 13.9. The van der Waals surface area contributed by atoms with Crippen LogP contribution in [0.3, 0.4) is 0 Å². The van der Waals surface area contributed by atoms with Crippen LogP contribution in [0.1, 0.15) is 47.1 Å². The highest BCUT2D eigenvalue weighted by atomic mass is 32.1. The van der Waals surface area contributed by atoms with Gasteiger partial charge in [0, 0.05) is 11.3 Å². The number of carbonyl (C=O) groups is 1. The number of aromatic nitrogens is 4. The Kier molecular flexibility index (Phi) is 4.66. The van der Waals surface area contributed by atoms with E-state index in [4.69, 9.17) is 9.15 Å². The summed E-state index contributed by atoms with van der Waals surface area (Å²) in [5, 5.41) is 14.4. The first-order chi connectivity index (χ1) is 14.6. The molecule has 30 heavy (non-hydrogen) atoms. The van der Waals surface area contributed by atoms with Crippen molar-refractivity contribution in [2.45, 2.75) is 32.3 Å². The lowest BCUT2D eigenvalue weighted by Gasteiger charge is -2.08. The van der Waals surface area contributed by atoms with Gasteiger partial charge in [0.15, 0.2) is 11.8 Å². The van der Waals surface area contributed by atoms with E-state index in [9.17, 15) is 9.18 Å². The summed E-state index contributed by atoms with van der Waals surface area (Å²) in [6.45, 7) is 1.68. The van der Waals surface area contributed by atoms with E-state index in [1.165, 1.54) is 23.5 Å². The maximum atomic E-state index is 13.3. The average Bonchev–Trinajstić information content (AvgIpc) is 3.52. The number of fused-ring (bicyclic) bond motifs is 1. The molecule has 9 heteroatoms. The van der Waals surface area contributed by atoms with Gasteiger partial charge in [0.2, 0.25) is 0 Å². The Morgan fingerprint density at radius 1 is 1.23 bits per heavy atom. The number of esters is 1. The molecule has 1 aliphatic carbocycles. The summed E-state index contributed by atoms with van der Waals surface area (Å²) < 4.78 is 26.2. The molecular weight excluding hydrogens is 407 g/mol. The molecule has 0 amide bonds. The van der Waals surface area contributed by atoms with Crippen LogP contribution in [0.4, 0.5) is 4.39 Å². The molecule has 0 bridgehead atoms. The van der Waals surface area contributed by atoms with Crippen LogP contribution < -0.4 is 0 Å². The number of halogens is 1. The van der Waals surface area contributed by atoms with E-state index in [-0.39, 0.29) is 17.4 Å². The number of hydrogen-bond acceptors (Lipinski definition) is 7. The Morgan fingerprint density at radius 3 is 2.83 bits per heavy atom. The molecule has 1 aromatic carbocycles. The third-order valence-corrected chi connectivity index (χ3v) is 5.86. The lowest BCUT2D eigenvalue weighted by Crippen LogP contribution is -2.12. The molecule has 0 saturated carbocycles. The summed E-state index contributed by atoms with van der Waals surface area (Å²) in [4.78, 5) is 13.7. The monoisotopic (exact) mass is 424 g/mol. The van der Waals surface area contributed by atoms with Gasteiger partial charge in [0.1, 0.15) is 5.82 Å². The van der Waals surface area contributed by atoms with E-state index in [1.54, 1.807) is 23.7 Å². The van der Waals surface area contributed by atoms with Crippen molar-refractivity contribution in [1.82, 2.24) is 20.0 Å². The predicted molar refractivity (Wildman–Crippen MR) is 107 cm³/mol. The number of ether oxygens (including phenoxy) is 1. The molecule has 0 fully saturated rings. The number of nitrogens with zero attached hydrogens (tertiary/aromatic N) is 4. The van der Waals surface area contributed by atoms with Crippen LogP contribution in [-0.2, 0) is 17.6 Å². The molecule has 0 radical (unpaired) electrons. The van der Waals surface area contributed by atoms with Crippen molar-refractivity contribution < 1.29 is 18.3 Å². The molecular formula is C21H17FN4O3S. The minimum Gasteiger partial charge on any atom is -0.448 e. The Bertz CT molecular complexity index is 1200. The van der Waals surface area contributed by atoms with Crippen LogP contribution in [0, 0.1) is 5.82 Å². The fraction of sp³-hybridized carbons (Fsp3) is 0.238. The van der Waals surface area contributed by atoms with Gasteiger partial charge in [0.05, 0.1) is 10.6 Å². The number of benzene rings is 1. The molecule has 1 atom stereocenters. The maximum absolute atomic E-state index is 13.3. The highest BCUT2D eigenvalue weighted by Gasteiger charge is 2.30. The quantitative estimate of drug-likeness (QED) is 0.438. The minimum absolute atomic E-state index is 0.223. The molecule has 3 heterocycles. The van der Waals surface area contributed by atoms with Crippen molar-refractivity contribution in [3.05, 3.63) is 70.4 Å². The third-order valence-electron chi connectivity index (χ3n) is 5.00. The van der Waals surface area contributed by atoms with Gasteiger partial charge in [0.25, 0.3) is 11.8 Å². The van der Waals surface area contributed by atoms with E-state index < -0.39 is 12.1 Å². The number of hydrogen-bond donors (Lipinski definition) is 0. The van der Waals surface area contributed by atoms with Crippen molar-refractivity contribution >= 4 is 17.3 Å². The summed E-state index contributed by atoms with van der Waals surface area (Å²) in [6, 6.07) is 9.81. The van der Waals surface area contributed by atoms with Gasteiger partial charge in [-0.1, -0.05) is 6.07 Å². The van der Waals surface area contributed by atoms with Gasteiger partial charge in [-0.2, -0.15) is 5.10 Å². The van der Waals surface area contributed by atoms with Gasteiger partial charge in [-0.05, 0) is 61.9 Å². The van der Waals surface area contributed by atoms with Crippen LogP contribution in [0.5, 0.6) is 0 Å². The Hall–Kier alpha value is -3.33. The van der Waals surface area contributed by atoms with Crippen molar-refractivity contribution in [3.63, 3.8) is 0 Å². The highest BCUT2D eigenvalue weighted by molar-refractivity contribution is 7.13. The lowest BCUT2D eigenvalue weighted by atomic mass is 10.2. The second-order valence-electron chi connectivity index (χ2n) is 6.99. The maximum Gasteiger partial charge on any atom is 0.359 e. The smallest absolute Gasteiger partial charge is 0.359 e. The summed E-state index contributed by atoms with van der Waals surface area (Å²) in [5.41, 5.74) is 2.82. The first kappa shape index (κ1) is 18.7. The number of rotatable bonds is 5. The van der Waals surface area contributed by atoms with Crippen LogP contribution in [0.25, 0.3) is 16.5 Å². The molecule has 1 aliphatic rings. The standard InChI is InChI=1S/C21H17FN4O3S/c1-12(19-23-24-20(29-19)17-6-3-11-30-17)28-21(27)18-15-4-2-5-16(15)26(25-18)14-9-7-13(22)8-10-14/h3,6-12H,2,4-5H2,1H3/t12-/m0/s1. The molecule has 4 aromatic rings. The summed E-state index contributed by atoms with van der Waals surface area (Å²) in [5.74, 6) is -0.249. The van der Waals surface area contributed by atoms with Crippen LogP contribution in [0.15, 0.2) is 46.2 Å². The zero-order valence-corrected chi connectivity index (χ0v) is 16.9. The number of carbonyl (C=O) groups excluding carboxylic acids is 1. The van der Waals surface area contributed by atoms with Crippen molar-refractivity contribution in [2.75, 3.05) is 0 Å². The minimum atomic E-state index is -0.716. The van der Waals surface area contributed by atoms with E-state index in [2.05, 4.69) is 15.3 Å². The van der Waals surface area contributed by atoms with Crippen LogP contribution in [-0.4, -0.2) is 25.9 Å². The van der Waals surface area contributed by atoms with E-state index in [1.807, 2.05) is 17.5 Å². The Labute approximate surface area is 175 Å². The average molecular weight is 424 g/mol. The Morgan fingerprint density at radius 2 is 2.07 bits per heavy atom. The van der Waals surface area contributed by atoms with Gasteiger partial charge in [-0.3, -0.25) is 0 Å². The zero-order valence-electron chi connectivity index (χ0n) is 16.0. The fourth-order valence-corrected chi connectivity index (χ4v) is 4.21. The second-order valence-corrected chi connectivity index (χ2v) is 7.93. The van der Waals surface area contributed by atoms with Gasteiger partial charge in [-0.25, -0.2) is 13.9 Å². The molecule has 0 spiro atoms. The molecule has 0 saturated heterocycles. The molecule has 0 unspecified atom stereocenters. The van der Waals surface area contributed by atoms with E-state index in [0.29, 0.717) is 11.6 Å². The van der Waals surface area contributed by atoms with Crippen molar-refractivity contribution in [1.29, 1.82) is 0 Å². The SMILES string of the molecule is C[C@H](OC(=O)c1nn(-c2ccc(F)cc2)c2c1CCC2)c1nnc(-c2cccs2)o1. The van der Waals surface area contributed by atoms with Gasteiger partial charge < -0.3 is 9.15 Å². The molecule has 0 N–H and O–H groups in total. The largest absolute Gasteiger partial charge is 0.448 e. The van der Waals surface area contributed by atoms with Crippen molar-refractivity contribution in [3.8, 4) is 16.5 Å². The zero-order chi connectivity index (χ0) is 20.7. The molecule has 3 aromatic heterocycles. The summed E-state index contributed by atoms with van der Waals surface area (Å²) >= 11 is 1.49. The molecule has 0 aliphatic heterocycles. The van der Waals surface area contributed by atoms with Gasteiger partial charge in [-0.15, -0.1) is 21.5 Å². The molecule has 5 rings (SSSR count). The van der Waals surface area contributed by atoms with Crippen molar-refractivity contribution in [2.24, 2.45) is 0 Å². The highest BCUT2D eigenvalue weighted by Crippen LogP contribution is 2.30. The predicted octanol–water partition coefficient (Wildman–Crippen LogP) is 4.53. The summed E-state index contributed by atoms with van der Waals surface area (Å²) in [6.07, 6.45) is 1.76. The molecule has 7 nitrogen and oxygen atoms in total. The fourth-order valence-electron chi connectivity index (χ4n) is 3.56. The third kappa shape index (κ3) is 3.30. The van der Waals surface area contributed by atoms with Crippen LogP contribution in [0.2, 0.25) is 0 Å². The van der Waals surface area contributed by atoms with Gasteiger partial charge >= 0.3 is 5.97 Å². The van der Waals surface area contributed by atoms with E-state index >= 15 is 0 Å². The first-order valence-electron chi connectivity index (χ1n) is 9.55. The second kappa shape index (κ2) is 7.49.